The molecule has 1 aliphatic heterocycles. The molecule has 3 heterocycles. The smallest absolute Gasteiger partial charge is 0.271 e. The third-order valence-corrected chi connectivity index (χ3v) is 5.24. The van der Waals surface area contributed by atoms with E-state index in [1.165, 1.54) is 23.5 Å². The molecule has 3 aromatic rings. The van der Waals surface area contributed by atoms with Crippen molar-refractivity contribution in [3.05, 3.63) is 63.0 Å². The molecular formula is C17H15F2N3OS. The van der Waals surface area contributed by atoms with E-state index in [9.17, 15) is 13.6 Å². The molecule has 1 aliphatic rings. The lowest BCUT2D eigenvalue weighted by atomic mass is 10.2. The van der Waals surface area contributed by atoms with Crippen LogP contribution in [0.5, 0.6) is 0 Å². The first kappa shape index (κ1) is 15.4. The molecule has 7 heteroatoms. The van der Waals surface area contributed by atoms with Crippen LogP contribution < -0.4 is 5.56 Å². The summed E-state index contributed by atoms with van der Waals surface area (Å²) in [5.74, 6) is -0.337. The summed E-state index contributed by atoms with van der Waals surface area (Å²) in [6.07, 6.45) is 0.629. The normalized spacial score (nSPS) is 15.4. The second kappa shape index (κ2) is 6.07. The van der Waals surface area contributed by atoms with Gasteiger partial charge in [0.2, 0.25) is 0 Å². The predicted octanol–water partition coefficient (Wildman–Crippen LogP) is 2.79. The van der Waals surface area contributed by atoms with Crippen LogP contribution in [0.4, 0.5) is 8.78 Å². The lowest BCUT2D eigenvalue weighted by Crippen LogP contribution is -2.28. The van der Waals surface area contributed by atoms with Crippen molar-refractivity contribution in [2.24, 2.45) is 0 Å². The van der Waals surface area contributed by atoms with E-state index in [1.807, 2.05) is 11.4 Å². The Morgan fingerprint density at radius 2 is 2.04 bits per heavy atom. The predicted molar refractivity (Wildman–Crippen MR) is 89.2 cm³/mol. The van der Waals surface area contributed by atoms with E-state index in [4.69, 9.17) is 0 Å². The Hall–Kier alpha value is -2.12. The first-order valence-corrected chi connectivity index (χ1v) is 8.63. The summed E-state index contributed by atoms with van der Waals surface area (Å²) in [7, 11) is 0. The van der Waals surface area contributed by atoms with Gasteiger partial charge in [0.05, 0.1) is 5.52 Å². The maximum atomic E-state index is 13.8. The second-order valence-corrected chi connectivity index (χ2v) is 6.80. The maximum absolute atomic E-state index is 13.8. The van der Waals surface area contributed by atoms with Crippen LogP contribution in [-0.2, 0) is 19.5 Å². The van der Waals surface area contributed by atoms with Crippen molar-refractivity contribution >= 4 is 21.6 Å². The van der Waals surface area contributed by atoms with Crippen LogP contribution in [0.15, 0.2) is 34.4 Å². The number of aromatic nitrogens is 2. The van der Waals surface area contributed by atoms with E-state index in [1.54, 1.807) is 4.57 Å². The second-order valence-electron chi connectivity index (χ2n) is 5.88. The molecule has 0 saturated heterocycles. The molecule has 1 aromatic carbocycles. The fraction of sp³-hybridized carbons (Fsp3) is 0.294. The van der Waals surface area contributed by atoms with Crippen molar-refractivity contribution in [3.8, 4) is 0 Å². The Morgan fingerprint density at radius 3 is 2.88 bits per heavy atom. The summed E-state index contributed by atoms with van der Waals surface area (Å²) in [5.41, 5.74) is 1.21. The zero-order valence-corrected chi connectivity index (χ0v) is 13.7. The molecule has 0 N–H and O–H groups in total. The highest BCUT2D eigenvalue weighted by atomic mass is 32.1. The summed E-state index contributed by atoms with van der Waals surface area (Å²) < 4.78 is 29.3. The fourth-order valence-corrected chi connectivity index (χ4v) is 3.85. The van der Waals surface area contributed by atoms with Crippen LogP contribution in [-0.4, -0.2) is 27.5 Å². The van der Waals surface area contributed by atoms with E-state index < -0.39 is 11.6 Å². The SMILES string of the molecule is O=c1c2sccc2nc2n1CCN(Cc1ccc(F)cc1F)CC2. The van der Waals surface area contributed by atoms with Crippen LogP contribution in [0.2, 0.25) is 0 Å². The third-order valence-electron chi connectivity index (χ3n) is 4.35. The first-order valence-electron chi connectivity index (χ1n) is 7.75. The Balaban J connectivity index is 1.58. The van der Waals surface area contributed by atoms with E-state index in [0.29, 0.717) is 42.9 Å². The molecule has 0 unspecified atom stereocenters. The number of benzene rings is 1. The zero-order valence-electron chi connectivity index (χ0n) is 12.8. The summed E-state index contributed by atoms with van der Waals surface area (Å²) in [4.78, 5) is 19.2. The van der Waals surface area contributed by atoms with Crippen molar-refractivity contribution in [3.63, 3.8) is 0 Å². The Labute approximate surface area is 141 Å². The molecular weight excluding hydrogens is 332 g/mol. The molecule has 0 bridgehead atoms. The summed E-state index contributed by atoms with van der Waals surface area (Å²) >= 11 is 1.41. The Bertz CT molecular complexity index is 966. The van der Waals surface area contributed by atoms with Crippen LogP contribution >= 0.6 is 11.3 Å². The third kappa shape index (κ3) is 2.74. The number of hydrogen-bond acceptors (Lipinski definition) is 4. The van der Waals surface area contributed by atoms with Gasteiger partial charge in [-0.1, -0.05) is 6.07 Å². The van der Waals surface area contributed by atoms with Crippen molar-refractivity contribution < 1.29 is 8.78 Å². The van der Waals surface area contributed by atoms with Gasteiger partial charge in [0.25, 0.3) is 5.56 Å². The standard InChI is InChI=1S/C17H15F2N3OS/c18-12-2-1-11(13(19)9-12)10-21-5-3-15-20-14-4-8-24-16(14)17(23)22(15)7-6-21/h1-2,4,8-9H,3,5-7,10H2. The van der Waals surface area contributed by atoms with Gasteiger partial charge in [0, 0.05) is 44.2 Å². The van der Waals surface area contributed by atoms with Gasteiger partial charge in [-0.15, -0.1) is 11.3 Å². The van der Waals surface area contributed by atoms with Crippen LogP contribution in [0.3, 0.4) is 0 Å². The van der Waals surface area contributed by atoms with Crippen molar-refractivity contribution in [1.82, 2.24) is 14.5 Å². The molecule has 24 heavy (non-hydrogen) atoms. The van der Waals surface area contributed by atoms with Gasteiger partial charge in [-0.05, 0) is 17.5 Å². The number of hydrogen-bond donors (Lipinski definition) is 0. The molecule has 4 nitrogen and oxygen atoms in total. The molecule has 0 fully saturated rings. The minimum Gasteiger partial charge on any atom is -0.297 e. The molecule has 0 spiro atoms. The molecule has 0 amide bonds. The number of halogens is 2. The Morgan fingerprint density at radius 1 is 1.17 bits per heavy atom. The fourth-order valence-electron chi connectivity index (χ4n) is 3.07. The van der Waals surface area contributed by atoms with Crippen molar-refractivity contribution in [2.45, 2.75) is 19.5 Å². The average Bonchev–Trinajstić information content (AvgIpc) is 2.93. The number of thiophene rings is 1. The summed E-state index contributed by atoms with van der Waals surface area (Å²) in [6, 6.07) is 5.51. The quantitative estimate of drug-likeness (QED) is 0.715. The average molecular weight is 347 g/mol. The largest absolute Gasteiger partial charge is 0.297 e. The molecule has 2 aromatic heterocycles. The lowest BCUT2D eigenvalue weighted by Gasteiger charge is -2.19. The van der Waals surface area contributed by atoms with E-state index in [2.05, 4.69) is 9.88 Å². The zero-order chi connectivity index (χ0) is 16.7. The summed E-state index contributed by atoms with van der Waals surface area (Å²) in [5, 5.41) is 1.88. The van der Waals surface area contributed by atoms with E-state index >= 15 is 0 Å². The Kier molecular flexibility index (Phi) is 3.90. The van der Waals surface area contributed by atoms with Crippen LogP contribution in [0.1, 0.15) is 11.4 Å². The van der Waals surface area contributed by atoms with Gasteiger partial charge in [-0.3, -0.25) is 14.3 Å². The molecule has 0 aliphatic carbocycles. The first-order chi connectivity index (χ1) is 11.6. The van der Waals surface area contributed by atoms with Gasteiger partial charge >= 0.3 is 0 Å². The van der Waals surface area contributed by atoms with Crippen LogP contribution in [0.25, 0.3) is 10.2 Å². The van der Waals surface area contributed by atoms with E-state index in [0.717, 1.165) is 17.4 Å². The molecule has 0 atom stereocenters. The van der Waals surface area contributed by atoms with Crippen molar-refractivity contribution in [1.29, 1.82) is 0 Å². The van der Waals surface area contributed by atoms with Gasteiger partial charge in [-0.2, -0.15) is 0 Å². The molecule has 4 rings (SSSR count). The van der Waals surface area contributed by atoms with Gasteiger partial charge < -0.3 is 0 Å². The highest BCUT2D eigenvalue weighted by Crippen LogP contribution is 2.18. The van der Waals surface area contributed by atoms with Gasteiger partial charge in [0.1, 0.15) is 22.2 Å². The topological polar surface area (TPSA) is 38.1 Å². The highest BCUT2D eigenvalue weighted by molar-refractivity contribution is 7.17. The molecule has 0 radical (unpaired) electrons. The van der Waals surface area contributed by atoms with Gasteiger partial charge in [0.15, 0.2) is 0 Å². The minimum absolute atomic E-state index is 0.000173. The molecule has 0 saturated carbocycles. The van der Waals surface area contributed by atoms with Crippen LogP contribution in [0, 0.1) is 11.6 Å². The highest BCUT2D eigenvalue weighted by Gasteiger charge is 2.19. The number of fused-ring (bicyclic) bond motifs is 2. The van der Waals surface area contributed by atoms with Crippen molar-refractivity contribution in [2.75, 3.05) is 13.1 Å². The molecule has 124 valence electrons. The number of nitrogens with zero attached hydrogens (tertiary/aromatic N) is 3. The van der Waals surface area contributed by atoms with Gasteiger partial charge in [-0.25, -0.2) is 13.8 Å². The maximum Gasteiger partial charge on any atom is 0.271 e. The van der Waals surface area contributed by atoms with E-state index in [-0.39, 0.29) is 5.56 Å². The lowest BCUT2D eigenvalue weighted by molar-refractivity contribution is 0.267. The minimum atomic E-state index is -0.574. The number of rotatable bonds is 2. The summed E-state index contributed by atoms with van der Waals surface area (Å²) in [6.45, 7) is 2.22. The monoisotopic (exact) mass is 347 g/mol.